The van der Waals surface area contributed by atoms with E-state index < -0.39 is 0 Å². The van der Waals surface area contributed by atoms with Crippen LogP contribution in [0.5, 0.6) is 0 Å². The molecule has 3 unspecified atom stereocenters. The maximum atomic E-state index is 12.4. The van der Waals surface area contributed by atoms with E-state index in [4.69, 9.17) is 4.74 Å². The number of amides is 2. The number of methoxy groups -OCH3 is 1. The van der Waals surface area contributed by atoms with Gasteiger partial charge in [0.2, 0.25) is 0 Å². The first kappa shape index (κ1) is 15.8. The lowest BCUT2D eigenvalue weighted by atomic mass is 9.93. The number of nitrogens with one attached hydrogen (secondary N) is 1. The molecule has 1 fully saturated rings. The lowest BCUT2D eigenvalue weighted by Gasteiger charge is -2.27. The van der Waals surface area contributed by atoms with Crippen LogP contribution < -0.4 is 5.32 Å². The third-order valence-corrected chi connectivity index (χ3v) is 4.43. The second kappa shape index (κ2) is 7.46. The van der Waals surface area contributed by atoms with Gasteiger partial charge in [0.15, 0.2) is 0 Å². The van der Waals surface area contributed by atoms with Crippen LogP contribution in [-0.2, 0) is 4.74 Å². The van der Waals surface area contributed by atoms with Crippen molar-refractivity contribution >= 4 is 6.03 Å². The first-order valence-electron chi connectivity index (χ1n) is 7.78. The van der Waals surface area contributed by atoms with E-state index in [9.17, 15) is 4.79 Å². The molecule has 1 aliphatic heterocycles. The summed E-state index contributed by atoms with van der Waals surface area (Å²) in [7, 11) is 1.67. The minimum atomic E-state index is 0.0323. The maximum Gasteiger partial charge on any atom is 0.317 e. The number of urea groups is 1. The Morgan fingerprint density at radius 1 is 1.43 bits per heavy atom. The number of hydrogen-bond donors (Lipinski definition) is 1. The summed E-state index contributed by atoms with van der Waals surface area (Å²) < 4.78 is 5.14. The van der Waals surface area contributed by atoms with E-state index >= 15 is 0 Å². The highest BCUT2D eigenvalue weighted by atomic mass is 16.5. The van der Waals surface area contributed by atoms with Crippen molar-refractivity contribution in [2.45, 2.75) is 44.7 Å². The molecule has 1 saturated heterocycles. The van der Waals surface area contributed by atoms with Gasteiger partial charge in [0.1, 0.15) is 0 Å². The zero-order valence-corrected chi connectivity index (χ0v) is 13.2. The molecule has 1 heterocycles. The zero-order valence-electron chi connectivity index (χ0n) is 13.2. The second-order valence-electron chi connectivity index (χ2n) is 5.75. The van der Waals surface area contributed by atoms with Gasteiger partial charge in [-0.2, -0.15) is 0 Å². The van der Waals surface area contributed by atoms with Crippen molar-refractivity contribution in [1.82, 2.24) is 10.2 Å². The van der Waals surface area contributed by atoms with E-state index in [0.29, 0.717) is 12.5 Å². The van der Waals surface area contributed by atoms with E-state index in [1.807, 2.05) is 11.0 Å². The first-order valence-corrected chi connectivity index (χ1v) is 7.78. The van der Waals surface area contributed by atoms with Crippen LogP contribution >= 0.6 is 0 Å². The van der Waals surface area contributed by atoms with Crippen LogP contribution in [0, 0.1) is 0 Å². The number of nitrogens with zero attached hydrogens (tertiary/aromatic N) is 1. The molecule has 0 spiro atoms. The van der Waals surface area contributed by atoms with Crippen LogP contribution in [0.4, 0.5) is 4.79 Å². The summed E-state index contributed by atoms with van der Waals surface area (Å²) in [6.07, 6.45) is 1.91. The molecule has 1 aromatic carbocycles. The predicted molar refractivity (Wildman–Crippen MR) is 84.5 cm³/mol. The molecule has 0 bridgehead atoms. The van der Waals surface area contributed by atoms with E-state index in [1.54, 1.807) is 7.11 Å². The van der Waals surface area contributed by atoms with Crippen LogP contribution in [-0.4, -0.2) is 43.3 Å². The van der Waals surface area contributed by atoms with E-state index in [1.165, 1.54) is 5.56 Å². The molecular formula is C17H26N2O2. The van der Waals surface area contributed by atoms with Crippen molar-refractivity contribution in [2.75, 3.05) is 20.3 Å². The van der Waals surface area contributed by atoms with E-state index in [0.717, 1.165) is 19.4 Å². The highest BCUT2D eigenvalue weighted by Crippen LogP contribution is 2.33. The lowest BCUT2D eigenvalue weighted by molar-refractivity contribution is 0.151. The number of rotatable bonds is 5. The summed E-state index contributed by atoms with van der Waals surface area (Å²) in [4.78, 5) is 14.4. The Labute approximate surface area is 127 Å². The number of benzene rings is 1. The normalized spacial score (nSPS) is 23.1. The largest absolute Gasteiger partial charge is 0.383 e. The highest BCUT2D eigenvalue weighted by Gasteiger charge is 2.35. The Balaban J connectivity index is 1.97. The van der Waals surface area contributed by atoms with Crippen molar-refractivity contribution in [1.29, 1.82) is 0 Å². The van der Waals surface area contributed by atoms with Crippen molar-refractivity contribution < 1.29 is 9.53 Å². The standard InChI is InChI=1S/C17H26N2O2/c1-4-15(12-21-3)18-17(20)19-11-10-16(13(19)2)14-8-6-5-7-9-14/h5-9,13,15-16H,4,10-12H2,1-3H3,(H,18,20). The van der Waals surface area contributed by atoms with Gasteiger partial charge in [-0.3, -0.25) is 0 Å². The summed E-state index contributed by atoms with van der Waals surface area (Å²) in [6, 6.07) is 10.8. The SMILES string of the molecule is CCC(COC)NC(=O)N1CCC(c2ccccc2)C1C. The van der Waals surface area contributed by atoms with Gasteiger partial charge in [-0.1, -0.05) is 37.3 Å². The van der Waals surface area contributed by atoms with Gasteiger partial charge in [0.25, 0.3) is 0 Å². The third kappa shape index (κ3) is 3.76. The predicted octanol–water partition coefficient (Wildman–Crippen LogP) is 3.00. The molecule has 0 aliphatic carbocycles. The van der Waals surface area contributed by atoms with Gasteiger partial charge < -0.3 is 15.0 Å². The molecule has 3 atom stereocenters. The first-order chi connectivity index (χ1) is 10.2. The molecule has 2 rings (SSSR count). The fraction of sp³-hybridized carbons (Fsp3) is 0.588. The average molecular weight is 290 g/mol. The summed E-state index contributed by atoms with van der Waals surface area (Å²) in [5, 5.41) is 3.07. The average Bonchev–Trinajstić information content (AvgIpc) is 2.89. The fourth-order valence-corrected chi connectivity index (χ4v) is 3.09. The summed E-state index contributed by atoms with van der Waals surface area (Å²) in [6.45, 7) is 5.58. The van der Waals surface area contributed by atoms with Gasteiger partial charge in [0, 0.05) is 25.6 Å². The zero-order chi connectivity index (χ0) is 15.2. The number of hydrogen-bond acceptors (Lipinski definition) is 2. The molecule has 4 heteroatoms. The maximum absolute atomic E-state index is 12.4. The quantitative estimate of drug-likeness (QED) is 0.905. The Morgan fingerprint density at radius 3 is 2.76 bits per heavy atom. The number of likely N-dealkylation sites (tertiary alicyclic amines) is 1. The smallest absolute Gasteiger partial charge is 0.317 e. The number of carbonyl (C=O) groups is 1. The Morgan fingerprint density at radius 2 is 2.14 bits per heavy atom. The highest BCUT2D eigenvalue weighted by molar-refractivity contribution is 5.75. The Kier molecular flexibility index (Phi) is 5.62. The van der Waals surface area contributed by atoms with Gasteiger partial charge in [0.05, 0.1) is 12.6 Å². The van der Waals surface area contributed by atoms with Gasteiger partial charge in [-0.25, -0.2) is 4.79 Å². The fourth-order valence-electron chi connectivity index (χ4n) is 3.09. The van der Waals surface area contributed by atoms with Gasteiger partial charge in [-0.15, -0.1) is 0 Å². The summed E-state index contributed by atoms with van der Waals surface area (Å²) in [5.74, 6) is 0.430. The van der Waals surface area contributed by atoms with Crippen LogP contribution in [0.25, 0.3) is 0 Å². The number of carbonyl (C=O) groups excluding carboxylic acids is 1. The molecular weight excluding hydrogens is 264 g/mol. The molecule has 1 N–H and O–H groups in total. The molecule has 2 amide bonds. The monoisotopic (exact) mass is 290 g/mol. The van der Waals surface area contributed by atoms with E-state index in [2.05, 4.69) is 43.4 Å². The minimum Gasteiger partial charge on any atom is -0.383 e. The number of ether oxygens (including phenoxy) is 1. The molecule has 1 aliphatic rings. The minimum absolute atomic E-state index is 0.0323. The Hall–Kier alpha value is -1.55. The van der Waals surface area contributed by atoms with E-state index in [-0.39, 0.29) is 18.1 Å². The molecule has 0 radical (unpaired) electrons. The molecule has 21 heavy (non-hydrogen) atoms. The lowest BCUT2D eigenvalue weighted by Crippen LogP contribution is -2.47. The summed E-state index contributed by atoms with van der Waals surface area (Å²) >= 11 is 0. The van der Waals surface area contributed by atoms with Crippen LogP contribution in [0.1, 0.15) is 38.2 Å². The molecule has 0 saturated carbocycles. The van der Waals surface area contributed by atoms with Crippen molar-refractivity contribution in [3.8, 4) is 0 Å². The van der Waals surface area contributed by atoms with Gasteiger partial charge >= 0.3 is 6.03 Å². The Bertz CT molecular complexity index is 449. The van der Waals surface area contributed by atoms with Crippen LogP contribution in [0.2, 0.25) is 0 Å². The van der Waals surface area contributed by atoms with Crippen molar-refractivity contribution in [3.63, 3.8) is 0 Å². The van der Waals surface area contributed by atoms with Crippen LogP contribution in [0.15, 0.2) is 30.3 Å². The van der Waals surface area contributed by atoms with Gasteiger partial charge in [-0.05, 0) is 25.3 Å². The molecule has 4 nitrogen and oxygen atoms in total. The molecule has 116 valence electrons. The second-order valence-corrected chi connectivity index (χ2v) is 5.75. The third-order valence-electron chi connectivity index (χ3n) is 4.43. The van der Waals surface area contributed by atoms with Crippen molar-refractivity contribution in [3.05, 3.63) is 35.9 Å². The summed E-state index contributed by atoms with van der Waals surface area (Å²) in [5.41, 5.74) is 1.32. The van der Waals surface area contributed by atoms with Crippen LogP contribution in [0.3, 0.4) is 0 Å². The molecule has 1 aromatic rings. The topological polar surface area (TPSA) is 41.6 Å². The van der Waals surface area contributed by atoms with Crippen molar-refractivity contribution in [2.24, 2.45) is 0 Å². The molecule has 0 aromatic heterocycles.